The summed E-state index contributed by atoms with van der Waals surface area (Å²) in [5.74, 6) is 0.595. The number of hydrogen-bond acceptors (Lipinski definition) is 7. The number of fused-ring (bicyclic) bond motifs is 3. The summed E-state index contributed by atoms with van der Waals surface area (Å²) in [7, 11) is 0. The minimum Gasteiger partial charge on any atom is -0.490 e. The molecule has 30 heavy (non-hydrogen) atoms. The SMILES string of the molecule is CCOC(=O)[C@H]1CCc2sc3nccc(O[C@H]4CC[C@H](N5CCOCC5)CC4)c3c21. The van der Waals surface area contributed by atoms with Crippen molar-refractivity contribution in [3.05, 3.63) is 22.7 Å². The first-order chi connectivity index (χ1) is 14.7. The molecular formula is C23H30N2O4S. The van der Waals surface area contributed by atoms with Crippen molar-refractivity contribution in [1.82, 2.24) is 9.88 Å². The maximum Gasteiger partial charge on any atom is 0.313 e. The molecule has 2 aromatic rings. The molecule has 0 spiro atoms. The lowest BCUT2D eigenvalue weighted by atomic mass is 9.91. The molecule has 3 heterocycles. The number of carbonyl (C=O) groups is 1. The Labute approximate surface area is 181 Å². The van der Waals surface area contributed by atoms with Gasteiger partial charge < -0.3 is 14.2 Å². The zero-order valence-corrected chi connectivity index (χ0v) is 18.4. The summed E-state index contributed by atoms with van der Waals surface area (Å²) in [6.07, 6.45) is 8.30. The summed E-state index contributed by atoms with van der Waals surface area (Å²) < 4.78 is 17.4. The Balaban J connectivity index is 1.33. The van der Waals surface area contributed by atoms with Crippen LogP contribution < -0.4 is 4.74 Å². The highest BCUT2D eigenvalue weighted by atomic mass is 32.1. The maximum absolute atomic E-state index is 12.5. The van der Waals surface area contributed by atoms with Crippen LogP contribution in [0.4, 0.5) is 0 Å². The average molecular weight is 431 g/mol. The first-order valence-electron chi connectivity index (χ1n) is 11.3. The summed E-state index contributed by atoms with van der Waals surface area (Å²) in [4.78, 5) is 22.0. The van der Waals surface area contributed by atoms with Gasteiger partial charge in [0.15, 0.2) is 0 Å². The highest BCUT2D eigenvalue weighted by Crippen LogP contribution is 2.47. The van der Waals surface area contributed by atoms with Crippen LogP contribution in [0.5, 0.6) is 5.75 Å². The number of aromatic nitrogens is 1. The molecule has 0 unspecified atom stereocenters. The Morgan fingerprint density at radius 1 is 1.23 bits per heavy atom. The third-order valence-corrected chi connectivity index (χ3v) is 7.92. The fourth-order valence-corrected chi connectivity index (χ4v) is 6.50. The topological polar surface area (TPSA) is 60.9 Å². The van der Waals surface area contributed by atoms with Gasteiger partial charge in [-0.05, 0) is 57.1 Å². The van der Waals surface area contributed by atoms with Crippen LogP contribution in [-0.4, -0.2) is 60.9 Å². The number of nitrogens with zero attached hydrogens (tertiary/aromatic N) is 2. The van der Waals surface area contributed by atoms with Crippen molar-refractivity contribution in [2.45, 2.75) is 63.5 Å². The monoisotopic (exact) mass is 430 g/mol. The normalized spacial score (nSPS) is 27.2. The van der Waals surface area contributed by atoms with Gasteiger partial charge in [-0.25, -0.2) is 4.98 Å². The highest BCUT2D eigenvalue weighted by Gasteiger charge is 2.35. The van der Waals surface area contributed by atoms with Crippen LogP contribution in [0.15, 0.2) is 12.3 Å². The molecule has 1 saturated heterocycles. The fraction of sp³-hybridized carbons (Fsp3) is 0.652. The fourth-order valence-electron chi connectivity index (χ4n) is 5.26. The Kier molecular flexibility index (Phi) is 5.94. The van der Waals surface area contributed by atoms with E-state index in [1.807, 2.05) is 19.2 Å². The molecule has 7 heteroatoms. The van der Waals surface area contributed by atoms with Crippen LogP contribution in [0.25, 0.3) is 10.2 Å². The number of carbonyl (C=O) groups excluding carboxylic acids is 1. The molecule has 162 valence electrons. The third kappa shape index (κ3) is 3.83. The second kappa shape index (κ2) is 8.81. The van der Waals surface area contributed by atoms with E-state index >= 15 is 0 Å². The van der Waals surface area contributed by atoms with Crippen LogP contribution in [0, 0.1) is 0 Å². The summed E-state index contributed by atoms with van der Waals surface area (Å²) >= 11 is 1.70. The smallest absolute Gasteiger partial charge is 0.313 e. The van der Waals surface area contributed by atoms with Crippen molar-refractivity contribution in [2.75, 3.05) is 32.9 Å². The van der Waals surface area contributed by atoms with E-state index in [4.69, 9.17) is 14.2 Å². The molecular weight excluding hydrogens is 400 g/mol. The summed E-state index contributed by atoms with van der Waals surface area (Å²) in [5, 5.41) is 1.04. The lowest BCUT2D eigenvalue weighted by Crippen LogP contribution is -2.46. The van der Waals surface area contributed by atoms with Gasteiger partial charge >= 0.3 is 5.97 Å². The predicted octanol–water partition coefficient (Wildman–Crippen LogP) is 3.91. The molecule has 1 saturated carbocycles. The molecule has 0 bridgehead atoms. The summed E-state index contributed by atoms with van der Waals surface area (Å²) in [5.41, 5.74) is 1.11. The van der Waals surface area contributed by atoms with Crippen LogP contribution in [0.1, 0.15) is 55.4 Å². The molecule has 6 nitrogen and oxygen atoms in total. The molecule has 0 aromatic carbocycles. The van der Waals surface area contributed by atoms with Crippen molar-refractivity contribution >= 4 is 27.5 Å². The van der Waals surface area contributed by atoms with Crippen LogP contribution >= 0.6 is 11.3 Å². The number of pyridine rings is 1. The summed E-state index contributed by atoms with van der Waals surface area (Å²) in [6, 6.07) is 2.63. The molecule has 3 aliphatic rings. The molecule has 5 rings (SSSR count). The van der Waals surface area contributed by atoms with Gasteiger partial charge in [-0.1, -0.05) is 0 Å². The van der Waals surface area contributed by atoms with E-state index in [1.165, 1.54) is 17.7 Å². The first-order valence-corrected chi connectivity index (χ1v) is 12.1. The average Bonchev–Trinajstić information content (AvgIpc) is 3.35. The number of thiophene rings is 1. The molecule has 0 N–H and O–H groups in total. The van der Waals surface area contributed by atoms with Gasteiger partial charge in [0.2, 0.25) is 0 Å². The molecule has 0 amide bonds. The van der Waals surface area contributed by atoms with E-state index in [1.54, 1.807) is 11.3 Å². The third-order valence-electron chi connectivity index (χ3n) is 6.75. The van der Waals surface area contributed by atoms with E-state index in [-0.39, 0.29) is 18.0 Å². The van der Waals surface area contributed by atoms with Gasteiger partial charge in [0.25, 0.3) is 0 Å². The van der Waals surface area contributed by atoms with Crippen molar-refractivity contribution in [1.29, 1.82) is 0 Å². The van der Waals surface area contributed by atoms with Gasteiger partial charge in [0.05, 0.1) is 37.2 Å². The van der Waals surface area contributed by atoms with Gasteiger partial charge in [-0.2, -0.15) is 0 Å². The quantitative estimate of drug-likeness (QED) is 0.671. The number of rotatable bonds is 5. The number of ether oxygens (including phenoxy) is 3. The van der Waals surface area contributed by atoms with Crippen LogP contribution in [-0.2, 0) is 20.7 Å². The standard InChI is InChI=1S/C23H30N2O4S/c1-2-28-23(26)17-7-8-19-20(17)21-18(9-10-24-22(21)30-19)29-16-5-3-15(4-6-16)25-11-13-27-14-12-25/h9-10,15-17H,2-8,11-14H2,1H3/t15-,16-,17-/m0/s1. The van der Waals surface area contributed by atoms with E-state index in [0.717, 1.165) is 73.5 Å². The van der Waals surface area contributed by atoms with Gasteiger partial charge in [0.1, 0.15) is 10.6 Å². The van der Waals surface area contributed by atoms with E-state index < -0.39 is 0 Å². The molecule has 2 aliphatic carbocycles. The van der Waals surface area contributed by atoms with Crippen LogP contribution in [0.2, 0.25) is 0 Å². The van der Waals surface area contributed by atoms with Crippen molar-refractivity contribution in [3.8, 4) is 5.75 Å². The number of hydrogen-bond donors (Lipinski definition) is 0. The molecule has 0 radical (unpaired) electrons. The van der Waals surface area contributed by atoms with Gasteiger partial charge in [-0.15, -0.1) is 11.3 Å². The minimum atomic E-state index is -0.183. The van der Waals surface area contributed by atoms with Crippen molar-refractivity contribution in [2.24, 2.45) is 0 Å². The van der Waals surface area contributed by atoms with E-state index in [9.17, 15) is 4.79 Å². The predicted molar refractivity (Wildman–Crippen MR) is 116 cm³/mol. The number of aryl methyl sites for hydroxylation is 1. The second-order valence-corrected chi connectivity index (χ2v) is 9.55. The van der Waals surface area contributed by atoms with E-state index in [2.05, 4.69) is 9.88 Å². The number of morpholine rings is 1. The van der Waals surface area contributed by atoms with Crippen molar-refractivity contribution < 1.29 is 19.0 Å². The largest absolute Gasteiger partial charge is 0.490 e. The zero-order chi connectivity index (χ0) is 20.5. The Hall–Kier alpha value is -1.70. The number of esters is 1. The molecule has 2 fully saturated rings. The first kappa shape index (κ1) is 20.2. The van der Waals surface area contributed by atoms with Gasteiger partial charge in [-0.3, -0.25) is 9.69 Å². The Bertz CT molecular complexity index is 900. The summed E-state index contributed by atoms with van der Waals surface area (Å²) in [6.45, 7) is 6.10. The van der Waals surface area contributed by atoms with Crippen LogP contribution in [0.3, 0.4) is 0 Å². The molecule has 1 aliphatic heterocycles. The second-order valence-electron chi connectivity index (χ2n) is 8.47. The minimum absolute atomic E-state index is 0.114. The Morgan fingerprint density at radius 2 is 2.03 bits per heavy atom. The van der Waals surface area contributed by atoms with Crippen molar-refractivity contribution in [3.63, 3.8) is 0 Å². The van der Waals surface area contributed by atoms with E-state index in [0.29, 0.717) is 12.6 Å². The maximum atomic E-state index is 12.5. The molecule has 1 atom stereocenters. The lowest BCUT2D eigenvalue weighted by Gasteiger charge is -2.38. The lowest BCUT2D eigenvalue weighted by molar-refractivity contribution is -0.144. The zero-order valence-electron chi connectivity index (χ0n) is 17.6. The van der Waals surface area contributed by atoms with Gasteiger partial charge in [0, 0.05) is 30.2 Å². The molecule has 2 aromatic heterocycles. The Morgan fingerprint density at radius 3 is 2.80 bits per heavy atom. The highest BCUT2D eigenvalue weighted by molar-refractivity contribution is 7.19.